The first-order valence-corrected chi connectivity index (χ1v) is 7.55. The Morgan fingerprint density at radius 3 is 2.95 bits per heavy atom. The van der Waals surface area contributed by atoms with Gasteiger partial charge >= 0.3 is 0 Å². The summed E-state index contributed by atoms with van der Waals surface area (Å²) in [6, 6.07) is 10.4. The number of para-hydroxylation sites is 1. The number of alkyl halides is 1. The fraction of sp³-hybridized carbons (Fsp3) is 0.438. The van der Waals surface area contributed by atoms with Gasteiger partial charge in [-0.3, -0.25) is 0 Å². The van der Waals surface area contributed by atoms with Gasteiger partial charge in [0.2, 0.25) is 0 Å². The maximum absolute atomic E-state index is 6.11. The van der Waals surface area contributed by atoms with Gasteiger partial charge in [-0.05, 0) is 24.5 Å². The molecule has 2 aromatic rings. The Bertz CT molecular complexity index is 582. The summed E-state index contributed by atoms with van der Waals surface area (Å²) < 4.78 is 0. The van der Waals surface area contributed by atoms with E-state index in [1.54, 1.807) is 0 Å². The molecule has 0 bridgehead atoms. The second kappa shape index (κ2) is 5.38. The molecular formula is C16H19ClN2. The first-order valence-electron chi connectivity index (χ1n) is 7.01. The van der Waals surface area contributed by atoms with Crippen LogP contribution in [-0.4, -0.2) is 18.1 Å². The molecule has 0 radical (unpaired) electrons. The highest BCUT2D eigenvalue weighted by Crippen LogP contribution is 2.30. The highest BCUT2D eigenvalue weighted by Gasteiger charge is 2.24. The molecule has 1 fully saturated rings. The Kier molecular flexibility index (Phi) is 3.61. The number of aromatic nitrogens is 1. The zero-order valence-corrected chi connectivity index (χ0v) is 12.0. The molecule has 1 aliphatic rings. The van der Waals surface area contributed by atoms with Crippen LogP contribution in [0.15, 0.2) is 30.3 Å². The molecule has 100 valence electrons. The molecule has 3 rings (SSSR count). The number of fused-ring (bicyclic) bond motifs is 1. The molecule has 1 atom stereocenters. The van der Waals surface area contributed by atoms with Gasteiger partial charge in [0.25, 0.3) is 0 Å². The van der Waals surface area contributed by atoms with E-state index in [0.29, 0.717) is 5.88 Å². The van der Waals surface area contributed by atoms with Gasteiger partial charge in [-0.15, -0.1) is 11.6 Å². The van der Waals surface area contributed by atoms with Crippen molar-refractivity contribution in [2.24, 2.45) is 5.92 Å². The third kappa shape index (κ3) is 2.42. The van der Waals surface area contributed by atoms with E-state index in [9.17, 15) is 0 Å². The molecule has 1 aromatic carbocycles. The molecule has 19 heavy (non-hydrogen) atoms. The maximum Gasteiger partial charge on any atom is 0.133 e. The van der Waals surface area contributed by atoms with Crippen LogP contribution >= 0.6 is 11.6 Å². The predicted octanol–water partition coefficient (Wildman–Crippen LogP) is 4.21. The molecule has 2 nitrogen and oxygen atoms in total. The summed E-state index contributed by atoms with van der Waals surface area (Å²) in [5.74, 6) is 2.42. The molecule has 3 heteroatoms. The number of halogens is 1. The molecule has 2 heterocycles. The van der Waals surface area contributed by atoms with Gasteiger partial charge < -0.3 is 4.90 Å². The molecule has 0 aliphatic carbocycles. The van der Waals surface area contributed by atoms with E-state index >= 15 is 0 Å². The van der Waals surface area contributed by atoms with E-state index in [-0.39, 0.29) is 0 Å². The van der Waals surface area contributed by atoms with E-state index in [1.807, 2.05) is 12.1 Å². The van der Waals surface area contributed by atoms with E-state index in [2.05, 4.69) is 30.0 Å². The highest BCUT2D eigenvalue weighted by molar-refractivity contribution is 6.17. The zero-order valence-electron chi connectivity index (χ0n) is 11.3. The number of nitrogens with zero attached hydrogens (tertiary/aromatic N) is 2. The van der Waals surface area contributed by atoms with Gasteiger partial charge in [0.1, 0.15) is 5.82 Å². The van der Waals surface area contributed by atoms with E-state index in [0.717, 1.165) is 35.9 Å². The number of rotatable bonds is 3. The minimum Gasteiger partial charge on any atom is -0.356 e. The topological polar surface area (TPSA) is 16.1 Å². The van der Waals surface area contributed by atoms with Crippen molar-refractivity contribution >= 4 is 28.3 Å². The largest absolute Gasteiger partial charge is 0.356 e. The SMILES string of the molecule is CCC1CCN(c2nc3ccccc3cc2CCl)C1. The van der Waals surface area contributed by atoms with Crippen LogP contribution in [0, 0.1) is 5.92 Å². The predicted molar refractivity (Wildman–Crippen MR) is 81.9 cm³/mol. The van der Waals surface area contributed by atoms with Crippen molar-refractivity contribution in [3.05, 3.63) is 35.9 Å². The summed E-state index contributed by atoms with van der Waals surface area (Å²) in [5, 5.41) is 1.17. The summed E-state index contributed by atoms with van der Waals surface area (Å²) in [6.45, 7) is 4.49. The lowest BCUT2D eigenvalue weighted by molar-refractivity contribution is 0.568. The molecule has 1 aromatic heterocycles. The van der Waals surface area contributed by atoms with Crippen molar-refractivity contribution in [3.8, 4) is 0 Å². The minimum atomic E-state index is 0.528. The van der Waals surface area contributed by atoms with Crippen molar-refractivity contribution in [1.82, 2.24) is 4.98 Å². The first kappa shape index (κ1) is 12.7. The molecule has 1 saturated heterocycles. The van der Waals surface area contributed by atoms with Gasteiger partial charge in [0.05, 0.1) is 11.4 Å². The van der Waals surface area contributed by atoms with Gasteiger partial charge in [-0.25, -0.2) is 4.98 Å². The van der Waals surface area contributed by atoms with Crippen LogP contribution in [-0.2, 0) is 5.88 Å². The molecule has 0 amide bonds. The van der Waals surface area contributed by atoms with Gasteiger partial charge in [-0.2, -0.15) is 0 Å². The summed E-state index contributed by atoms with van der Waals surface area (Å²) in [7, 11) is 0. The quantitative estimate of drug-likeness (QED) is 0.780. The first-order chi connectivity index (χ1) is 9.31. The smallest absolute Gasteiger partial charge is 0.133 e. The minimum absolute atomic E-state index is 0.528. The Morgan fingerprint density at radius 1 is 1.37 bits per heavy atom. The molecular weight excluding hydrogens is 256 g/mol. The average molecular weight is 275 g/mol. The normalized spacial score (nSPS) is 19.3. The molecule has 0 saturated carbocycles. The number of benzene rings is 1. The Labute approximate surface area is 119 Å². The second-order valence-electron chi connectivity index (χ2n) is 5.31. The summed E-state index contributed by atoms with van der Waals surface area (Å²) >= 11 is 6.11. The van der Waals surface area contributed by atoms with Crippen LogP contribution in [0.5, 0.6) is 0 Å². The highest BCUT2D eigenvalue weighted by atomic mass is 35.5. The average Bonchev–Trinajstić information content (AvgIpc) is 2.94. The number of anilines is 1. The molecule has 0 N–H and O–H groups in total. The van der Waals surface area contributed by atoms with Gasteiger partial charge in [-0.1, -0.05) is 31.5 Å². The van der Waals surface area contributed by atoms with E-state index < -0.39 is 0 Å². The Balaban J connectivity index is 2.02. The lowest BCUT2D eigenvalue weighted by atomic mass is 10.1. The standard InChI is InChI=1S/C16H19ClN2/c1-2-12-7-8-19(11-12)16-14(10-17)9-13-5-3-4-6-15(13)18-16/h3-6,9,12H,2,7-8,10-11H2,1H3. The molecule has 1 unspecified atom stereocenters. The maximum atomic E-state index is 6.11. The summed E-state index contributed by atoms with van der Waals surface area (Å²) in [6.07, 6.45) is 2.52. The Morgan fingerprint density at radius 2 is 2.21 bits per heavy atom. The van der Waals surface area contributed by atoms with Crippen molar-refractivity contribution < 1.29 is 0 Å². The van der Waals surface area contributed by atoms with Gasteiger partial charge in [0.15, 0.2) is 0 Å². The van der Waals surface area contributed by atoms with E-state index in [1.165, 1.54) is 18.2 Å². The second-order valence-corrected chi connectivity index (χ2v) is 5.57. The van der Waals surface area contributed by atoms with Crippen LogP contribution in [0.2, 0.25) is 0 Å². The monoisotopic (exact) mass is 274 g/mol. The summed E-state index contributed by atoms with van der Waals surface area (Å²) in [5.41, 5.74) is 2.21. The van der Waals surface area contributed by atoms with Crippen LogP contribution in [0.1, 0.15) is 25.3 Å². The third-order valence-electron chi connectivity index (χ3n) is 4.09. The number of pyridine rings is 1. The van der Waals surface area contributed by atoms with Crippen LogP contribution in [0.3, 0.4) is 0 Å². The van der Waals surface area contributed by atoms with Crippen molar-refractivity contribution in [2.45, 2.75) is 25.6 Å². The fourth-order valence-electron chi connectivity index (χ4n) is 2.88. The van der Waals surface area contributed by atoms with Crippen molar-refractivity contribution in [2.75, 3.05) is 18.0 Å². The third-order valence-corrected chi connectivity index (χ3v) is 4.37. The molecule has 1 aliphatic heterocycles. The van der Waals surface area contributed by atoms with Gasteiger partial charge in [0, 0.05) is 24.0 Å². The Hall–Kier alpha value is -1.28. The van der Waals surface area contributed by atoms with E-state index in [4.69, 9.17) is 16.6 Å². The lowest BCUT2D eigenvalue weighted by Gasteiger charge is -2.20. The lowest BCUT2D eigenvalue weighted by Crippen LogP contribution is -2.22. The van der Waals surface area contributed by atoms with Crippen LogP contribution in [0.4, 0.5) is 5.82 Å². The fourth-order valence-corrected chi connectivity index (χ4v) is 3.08. The van der Waals surface area contributed by atoms with Crippen LogP contribution < -0.4 is 4.90 Å². The number of hydrogen-bond donors (Lipinski definition) is 0. The van der Waals surface area contributed by atoms with Crippen molar-refractivity contribution in [1.29, 1.82) is 0 Å². The number of hydrogen-bond acceptors (Lipinski definition) is 2. The van der Waals surface area contributed by atoms with Crippen molar-refractivity contribution in [3.63, 3.8) is 0 Å². The summed E-state index contributed by atoms with van der Waals surface area (Å²) in [4.78, 5) is 7.24. The molecule has 0 spiro atoms. The zero-order chi connectivity index (χ0) is 13.2. The van der Waals surface area contributed by atoms with Crippen LogP contribution in [0.25, 0.3) is 10.9 Å².